The molecule has 2 rings (SSSR count). The van der Waals surface area contributed by atoms with Gasteiger partial charge in [-0.3, -0.25) is 0 Å². The minimum absolute atomic E-state index is 0.0115. The maximum atomic E-state index is 5.86. The molecule has 0 spiro atoms. The third-order valence-electron chi connectivity index (χ3n) is 5.62. The van der Waals surface area contributed by atoms with Gasteiger partial charge in [0.2, 0.25) is 0 Å². The number of fused-ring (bicyclic) bond motifs is 1. The number of hydrogen-bond acceptors (Lipinski definition) is 2. The van der Waals surface area contributed by atoms with Crippen molar-refractivity contribution in [2.45, 2.75) is 103 Å². The SMILES string of the molecule is Cc1cccc2c1C=CC2[Si](C)(CCCCCCOC(C)(C)C)NC(C)(C)C. The van der Waals surface area contributed by atoms with Crippen LogP contribution in [0.25, 0.3) is 6.08 Å². The van der Waals surface area contributed by atoms with Gasteiger partial charge in [0.05, 0.1) is 5.60 Å². The fraction of sp³-hybridized carbons (Fsp3) is 0.680. The van der Waals surface area contributed by atoms with E-state index in [1.54, 1.807) is 5.56 Å². The highest BCUT2D eigenvalue weighted by Gasteiger charge is 2.41. The van der Waals surface area contributed by atoms with Crippen molar-refractivity contribution in [2.75, 3.05) is 6.61 Å². The number of hydrogen-bond donors (Lipinski definition) is 1. The van der Waals surface area contributed by atoms with Crippen molar-refractivity contribution in [1.82, 2.24) is 4.98 Å². The number of allylic oxidation sites excluding steroid dienone is 1. The van der Waals surface area contributed by atoms with Gasteiger partial charge in [-0.05, 0) is 77.6 Å². The van der Waals surface area contributed by atoms with Crippen LogP contribution in [0.4, 0.5) is 0 Å². The highest BCUT2D eigenvalue weighted by molar-refractivity contribution is 6.78. The molecule has 2 nitrogen and oxygen atoms in total. The van der Waals surface area contributed by atoms with E-state index in [-0.39, 0.29) is 11.1 Å². The second kappa shape index (κ2) is 9.28. The van der Waals surface area contributed by atoms with Gasteiger partial charge < -0.3 is 9.72 Å². The first-order chi connectivity index (χ1) is 12.9. The van der Waals surface area contributed by atoms with Crippen molar-refractivity contribution in [3.8, 4) is 0 Å². The third-order valence-corrected chi connectivity index (χ3v) is 10.2. The molecule has 0 aromatic heterocycles. The summed E-state index contributed by atoms with van der Waals surface area (Å²) < 4.78 is 5.86. The van der Waals surface area contributed by atoms with Gasteiger partial charge >= 0.3 is 0 Å². The molecule has 1 aromatic carbocycles. The van der Waals surface area contributed by atoms with E-state index in [9.17, 15) is 0 Å². The number of aryl methyl sites for hydroxylation is 1. The standard InChI is InChI=1S/C25H43NOSi/c1-20-14-13-15-22-21(20)16-17-23(22)28(8,26-24(2,3)4)19-12-10-9-11-18-27-25(5,6)7/h13-17,23,26H,9-12,18-19H2,1-8H3. The average Bonchev–Trinajstić information content (AvgIpc) is 2.97. The number of nitrogens with one attached hydrogen (secondary N) is 1. The molecule has 0 saturated carbocycles. The molecule has 0 heterocycles. The normalized spacial score (nSPS) is 18.9. The number of benzene rings is 1. The zero-order chi connectivity index (χ0) is 21.0. The van der Waals surface area contributed by atoms with Crippen molar-refractivity contribution in [1.29, 1.82) is 0 Å². The summed E-state index contributed by atoms with van der Waals surface area (Å²) in [6, 6.07) is 8.15. The maximum Gasteiger partial charge on any atom is 0.134 e. The van der Waals surface area contributed by atoms with Crippen LogP contribution in [0.3, 0.4) is 0 Å². The monoisotopic (exact) mass is 401 g/mol. The lowest BCUT2D eigenvalue weighted by Crippen LogP contribution is -2.59. The van der Waals surface area contributed by atoms with Gasteiger partial charge in [0, 0.05) is 17.7 Å². The minimum Gasteiger partial charge on any atom is -0.376 e. The zero-order valence-corrected chi connectivity index (χ0v) is 20.6. The zero-order valence-electron chi connectivity index (χ0n) is 19.6. The Kier molecular flexibility index (Phi) is 7.74. The van der Waals surface area contributed by atoms with Crippen molar-refractivity contribution in [3.05, 3.63) is 41.0 Å². The molecule has 158 valence electrons. The number of ether oxygens (including phenoxy) is 1. The summed E-state index contributed by atoms with van der Waals surface area (Å²) in [6.07, 6.45) is 9.92. The molecule has 28 heavy (non-hydrogen) atoms. The van der Waals surface area contributed by atoms with Gasteiger partial charge in [0.25, 0.3) is 0 Å². The van der Waals surface area contributed by atoms with Crippen LogP contribution < -0.4 is 4.98 Å². The molecular formula is C25H43NOSi. The summed E-state index contributed by atoms with van der Waals surface area (Å²) >= 11 is 0. The van der Waals surface area contributed by atoms with Gasteiger partial charge in [-0.25, -0.2) is 0 Å². The van der Waals surface area contributed by atoms with Crippen LogP contribution in [-0.2, 0) is 4.74 Å². The smallest absolute Gasteiger partial charge is 0.134 e. The highest BCUT2D eigenvalue weighted by Crippen LogP contribution is 2.40. The van der Waals surface area contributed by atoms with Crippen LogP contribution in [0, 0.1) is 6.92 Å². The van der Waals surface area contributed by atoms with Crippen molar-refractivity contribution in [2.24, 2.45) is 0 Å². The maximum absolute atomic E-state index is 5.86. The Labute approximate surface area is 175 Å². The van der Waals surface area contributed by atoms with Crippen LogP contribution >= 0.6 is 0 Å². The molecular weight excluding hydrogens is 358 g/mol. The molecule has 0 radical (unpaired) electrons. The van der Waals surface area contributed by atoms with Crippen LogP contribution in [0.5, 0.6) is 0 Å². The molecule has 0 amide bonds. The number of rotatable bonds is 9. The molecule has 1 N–H and O–H groups in total. The summed E-state index contributed by atoms with van der Waals surface area (Å²) in [7, 11) is -1.69. The van der Waals surface area contributed by atoms with Gasteiger partial charge in [-0.1, -0.05) is 56.2 Å². The Morgan fingerprint density at radius 1 is 1.00 bits per heavy atom. The first-order valence-electron chi connectivity index (χ1n) is 11.1. The van der Waals surface area contributed by atoms with E-state index < -0.39 is 8.24 Å². The Morgan fingerprint density at radius 2 is 1.68 bits per heavy atom. The first-order valence-corrected chi connectivity index (χ1v) is 13.9. The predicted molar refractivity (Wildman–Crippen MR) is 126 cm³/mol. The van der Waals surface area contributed by atoms with Crippen LogP contribution in [0.2, 0.25) is 12.6 Å². The Bertz CT molecular complexity index is 668. The summed E-state index contributed by atoms with van der Waals surface area (Å²) in [5, 5.41) is 0. The predicted octanol–water partition coefficient (Wildman–Crippen LogP) is 6.98. The Balaban J connectivity index is 1.98. The topological polar surface area (TPSA) is 21.3 Å². The molecule has 1 aliphatic rings. The Morgan fingerprint density at radius 3 is 2.32 bits per heavy atom. The van der Waals surface area contributed by atoms with Crippen LogP contribution in [0.1, 0.15) is 89.5 Å². The van der Waals surface area contributed by atoms with E-state index in [0.29, 0.717) is 5.54 Å². The quantitative estimate of drug-likeness (QED) is 0.356. The highest BCUT2D eigenvalue weighted by atomic mass is 28.3. The molecule has 1 aliphatic carbocycles. The van der Waals surface area contributed by atoms with Crippen molar-refractivity contribution < 1.29 is 4.74 Å². The summed E-state index contributed by atoms with van der Waals surface area (Å²) in [4.78, 5) is 4.12. The van der Waals surface area contributed by atoms with Crippen molar-refractivity contribution >= 4 is 14.3 Å². The van der Waals surface area contributed by atoms with Gasteiger partial charge in [0.1, 0.15) is 8.24 Å². The fourth-order valence-corrected chi connectivity index (χ4v) is 9.28. The van der Waals surface area contributed by atoms with E-state index in [1.165, 1.54) is 42.9 Å². The van der Waals surface area contributed by atoms with Crippen LogP contribution in [0.15, 0.2) is 24.3 Å². The second-order valence-electron chi connectivity index (χ2n) is 10.8. The Hall–Kier alpha value is -0.903. The fourth-order valence-electron chi connectivity index (χ4n) is 4.53. The van der Waals surface area contributed by atoms with E-state index >= 15 is 0 Å². The summed E-state index contributed by atoms with van der Waals surface area (Å²) in [5.74, 6) is 0. The molecule has 2 unspecified atom stereocenters. The molecule has 0 aliphatic heterocycles. The average molecular weight is 402 g/mol. The van der Waals surface area contributed by atoms with Gasteiger partial charge in [-0.2, -0.15) is 0 Å². The van der Waals surface area contributed by atoms with Gasteiger partial charge in [0.15, 0.2) is 0 Å². The molecule has 3 heteroatoms. The minimum atomic E-state index is -1.69. The lowest BCUT2D eigenvalue weighted by molar-refractivity contribution is -0.00471. The largest absolute Gasteiger partial charge is 0.376 e. The molecule has 2 atom stereocenters. The van der Waals surface area contributed by atoms with E-state index in [4.69, 9.17) is 4.74 Å². The first kappa shape index (κ1) is 23.4. The van der Waals surface area contributed by atoms with E-state index in [2.05, 4.69) is 90.3 Å². The summed E-state index contributed by atoms with van der Waals surface area (Å²) in [5.41, 5.74) is 5.13. The van der Waals surface area contributed by atoms with Crippen LogP contribution in [-0.4, -0.2) is 26.0 Å². The van der Waals surface area contributed by atoms with E-state index in [1.807, 2.05) is 0 Å². The molecule has 0 saturated heterocycles. The second-order valence-corrected chi connectivity index (χ2v) is 15.0. The number of unbranched alkanes of at least 4 members (excludes halogenated alkanes) is 3. The molecule has 0 bridgehead atoms. The lowest BCUT2D eigenvalue weighted by atomic mass is 10.0. The van der Waals surface area contributed by atoms with Gasteiger partial charge in [-0.15, -0.1) is 0 Å². The molecule has 0 fully saturated rings. The third kappa shape index (κ3) is 6.86. The summed E-state index contributed by atoms with van der Waals surface area (Å²) in [6.45, 7) is 19.0. The van der Waals surface area contributed by atoms with Crippen molar-refractivity contribution in [3.63, 3.8) is 0 Å². The van der Waals surface area contributed by atoms with E-state index in [0.717, 1.165) is 6.61 Å². The molecule has 1 aromatic rings. The lowest BCUT2D eigenvalue weighted by Gasteiger charge is -2.40.